The molecule has 130 valence electrons. The van der Waals surface area contributed by atoms with E-state index in [4.69, 9.17) is 10.2 Å². The van der Waals surface area contributed by atoms with Crippen molar-refractivity contribution in [2.75, 3.05) is 13.2 Å². The molecule has 0 rings (SSSR count). The van der Waals surface area contributed by atoms with Gasteiger partial charge < -0.3 is 40.2 Å². The summed E-state index contributed by atoms with van der Waals surface area (Å²) in [6.45, 7) is -2.16. The van der Waals surface area contributed by atoms with Crippen LogP contribution in [0.2, 0.25) is 0 Å². The summed E-state index contributed by atoms with van der Waals surface area (Å²) in [5, 5.41) is 58.3. The number of carboxylic acid groups (broad SMARTS) is 2. The molecule has 0 bridgehead atoms. The second-order valence-electron chi connectivity index (χ2n) is 4.64. The average Bonchev–Trinajstić information content (AvgIpc) is 2.39. The zero-order valence-corrected chi connectivity index (χ0v) is 18.0. The fourth-order valence-corrected chi connectivity index (χ4v) is 3.16. The van der Waals surface area contributed by atoms with Crippen LogP contribution in [0.5, 0.6) is 0 Å². The SMILES string of the molecule is O=C([O-])C(CC(O)CO)C(CC(O)CO)(C(=O)[O-])S(=O)(=O)O.[Na+].[Na+]. The van der Waals surface area contributed by atoms with Gasteiger partial charge in [0.05, 0.1) is 31.4 Å². The summed E-state index contributed by atoms with van der Waals surface area (Å²) >= 11 is 0. The van der Waals surface area contributed by atoms with Crippen LogP contribution in [0.3, 0.4) is 0 Å². The van der Waals surface area contributed by atoms with Crippen molar-refractivity contribution >= 4 is 22.1 Å². The molecule has 0 aliphatic rings. The van der Waals surface area contributed by atoms with E-state index in [-0.39, 0.29) is 59.1 Å². The Morgan fingerprint density at radius 1 is 1.00 bits per heavy atom. The van der Waals surface area contributed by atoms with E-state index in [0.717, 1.165) is 0 Å². The van der Waals surface area contributed by atoms with E-state index < -0.39 is 71.0 Å². The van der Waals surface area contributed by atoms with Gasteiger partial charge in [-0.25, -0.2) is 0 Å². The third-order valence-electron chi connectivity index (χ3n) is 3.12. The van der Waals surface area contributed by atoms with Crippen LogP contribution in [-0.2, 0) is 19.7 Å². The van der Waals surface area contributed by atoms with Gasteiger partial charge in [0.15, 0.2) is 0 Å². The molecule has 0 aliphatic carbocycles. The van der Waals surface area contributed by atoms with Gasteiger partial charge in [0.2, 0.25) is 0 Å². The molecule has 0 aromatic heterocycles. The summed E-state index contributed by atoms with van der Waals surface area (Å²) in [6, 6.07) is 0. The minimum atomic E-state index is -5.68. The largest absolute Gasteiger partial charge is 1.00 e. The second-order valence-corrected chi connectivity index (χ2v) is 6.31. The second kappa shape index (κ2) is 12.1. The molecular formula is C10H16Na2O11S. The van der Waals surface area contributed by atoms with Gasteiger partial charge in [0.25, 0.3) is 10.1 Å². The van der Waals surface area contributed by atoms with Crippen LogP contribution in [0.15, 0.2) is 0 Å². The van der Waals surface area contributed by atoms with Crippen molar-refractivity contribution in [2.45, 2.75) is 29.8 Å². The number of aliphatic hydroxyl groups excluding tert-OH is 4. The maximum Gasteiger partial charge on any atom is 1.00 e. The van der Waals surface area contributed by atoms with Gasteiger partial charge in [-0.3, -0.25) is 4.55 Å². The van der Waals surface area contributed by atoms with Crippen molar-refractivity contribution in [3.05, 3.63) is 0 Å². The maximum atomic E-state index is 11.5. The normalized spacial score (nSPS) is 17.4. The first-order valence-electron chi connectivity index (χ1n) is 5.91. The predicted octanol–water partition coefficient (Wildman–Crippen LogP) is -11.8. The summed E-state index contributed by atoms with van der Waals surface area (Å²) in [4.78, 5) is 22.4. The van der Waals surface area contributed by atoms with Crippen molar-refractivity contribution in [1.29, 1.82) is 0 Å². The topological polar surface area (TPSA) is 216 Å². The first-order chi connectivity index (χ1) is 9.93. The molecule has 5 N–H and O–H groups in total. The van der Waals surface area contributed by atoms with Gasteiger partial charge in [0.1, 0.15) is 4.75 Å². The van der Waals surface area contributed by atoms with E-state index in [1.54, 1.807) is 0 Å². The Morgan fingerprint density at radius 3 is 1.67 bits per heavy atom. The van der Waals surface area contributed by atoms with Crippen LogP contribution in [0.1, 0.15) is 12.8 Å². The number of aliphatic hydroxyl groups is 4. The first-order valence-corrected chi connectivity index (χ1v) is 7.35. The van der Waals surface area contributed by atoms with E-state index in [0.29, 0.717) is 0 Å². The standard InChI is InChI=1S/C10H18O11S.2Na/c11-3-5(13)1-7(8(15)16)10(9(17)18,22(19,20)21)2-6(14)4-12;;/h5-7,11-14H,1-4H2,(H,15,16)(H,17,18)(H,19,20,21);;/q;2*+1/p-2. The molecule has 0 saturated heterocycles. The van der Waals surface area contributed by atoms with E-state index in [9.17, 15) is 43.0 Å². The van der Waals surface area contributed by atoms with Gasteiger partial charge in [0, 0.05) is 18.3 Å². The molecule has 11 nitrogen and oxygen atoms in total. The molecule has 4 unspecified atom stereocenters. The molecule has 0 spiro atoms. The van der Waals surface area contributed by atoms with E-state index in [1.165, 1.54) is 0 Å². The van der Waals surface area contributed by atoms with Crippen molar-refractivity contribution in [1.82, 2.24) is 0 Å². The van der Waals surface area contributed by atoms with Crippen LogP contribution >= 0.6 is 0 Å². The smallest absolute Gasteiger partial charge is 0.550 e. The van der Waals surface area contributed by atoms with E-state index in [2.05, 4.69) is 0 Å². The third kappa shape index (κ3) is 7.13. The molecule has 0 aliphatic heterocycles. The summed E-state index contributed by atoms with van der Waals surface area (Å²) in [5.74, 6) is -7.41. The Balaban J connectivity index is -0.00000220. The quantitative estimate of drug-likeness (QED) is 0.174. The number of hydrogen-bond donors (Lipinski definition) is 5. The molecule has 0 fully saturated rings. The first kappa shape index (κ1) is 29.5. The Morgan fingerprint density at radius 2 is 1.42 bits per heavy atom. The van der Waals surface area contributed by atoms with Crippen LogP contribution in [0, 0.1) is 5.92 Å². The maximum absolute atomic E-state index is 11.5. The molecule has 0 radical (unpaired) electrons. The summed E-state index contributed by atoms with van der Waals surface area (Å²) in [6.07, 6.45) is -6.41. The van der Waals surface area contributed by atoms with Gasteiger partial charge in [-0.05, 0) is 6.42 Å². The van der Waals surface area contributed by atoms with E-state index in [1.807, 2.05) is 0 Å². The average molecular weight is 390 g/mol. The number of aliphatic carboxylic acids is 2. The number of hydrogen-bond acceptors (Lipinski definition) is 10. The molecule has 14 heteroatoms. The van der Waals surface area contributed by atoms with Crippen molar-refractivity contribution in [3.8, 4) is 0 Å². The van der Waals surface area contributed by atoms with Gasteiger partial charge >= 0.3 is 59.1 Å². The Labute approximate surface area is 182 Å². The zero-order chi connectivity index (χ0) is 17.7. The zero-order valence-electron chi connectivity index (χ0n) is 13.2. The van der Waals surface area contributed by atoms with Gasteiger partial charge in [-0.1, -0.05) is 0 Å². The molecule has 0 amide bonds. The Bertz CT molecular complexity index is 511. The van der Waals surface area contributed by atoms with Crippen LogP contribution in [0.4, 0.5) is 0 Å². The third-order valence-corrected chi connectivity index (χ3v) is 4.66. The number of rotatable bonds is 10. The molecular weight excluding hydrogens is 374 g/mol. The van der Waals surface area contributed by atoms with E-state index >= 15 is 0 Å². The Kier molecular flexibility index (Phi) is 14.9. The molecule has 0 heterocycles. The predicted molar refractivity (Wildman–Crippen MR) is 63.2 cm³/mol. The molecule has 0 saturated carbocycles. The number of carboxylic acids is 2. The van der Waals surface area contributed by atoms with Gasteiger partial charge in [-0.15, -0.1) is 0 Å². The van der Waals surface area contributed by atoms with Crippen molar-refractivity contribution in [2.24, 2.45) is 5.92 Å². The summed E-state index contributed by atoms with van der Waals surface area (Å²) in [5.41, 5.74) is 0. The minimum absolute atomic E-state index is 0. The van der Waals surface area contributed by atoms with Crippen molar-refractivity contribution in [3.63, 3.8) is 0 Å². The Hall–Kier alpha value is 0.690. The fourth-order valence-electron chi connectivity index (χ4n) is 2.00. The molecule has 24 heavy (non-hydrogen) atoms. The number of carbonyl (C=O) groups excluding carboxylic acids is 2. The molecule has 4 atom stereocenters. The van der Waals surface area contributed by atoms with Gasteiger partial charge in [-0.2, -0.15) is 8.42 Å². The van der Waals surface area contributed by atoms with Crippen LogP contribution in [0.25, 0.3) is 0 Å². The fraction of sp³-hybridized carbons (Fsp3) is 0.800. The molecule has 0 aromatic rings. The molecule has 0 aromatic carbocycles. The summed E-state index contributed by atoms with van der Waals surface area (Å²) in [7, 11) is -5.68. The number of carbonyl (C=O) groups is 2. The monoisotopic (exact) mass is 390 g/mol. The van der Waals surface area contributed by atoms with Crippen molar-refractivity contribution < 1.29 is 112 Å². The van der Waals surface area contributed by atoms with Crippen LogP contribution < -0.4 is 69.3 Å². The van der Waals surface area contributed by atoms with Crippen LogP contribution in [-0.4, -0.2) is 75.5 Å². The summed E-state index contributed by atoms with van der Waals surface area (Å²) < 4.78 is 28.5. The minimum Gasteiger partial charge on any atom is -0.550 e.